The van der Waals surface area contributed by atoms with Gasteiger partial charge in [-0.3, -0.25) is 10.1 Å². The van der Waals surface area contributed by atoms with Gasteiger partial charge < -0.3 is 0 Å². The number of halogens is 4. The van der Waals surface area contributed by atoms with Gasteiger partial charge in [0.2, 0.25) is 0 Å². The second-order valence-corrected chi connectivity index (χ2v) is 6.14. The predicted octanol–water partition coefficient (Wildman–Crippen LogP) is 3.22. The summed E-state index contributed by atoms with van der Waals surface area (Å²) in [5.74, 6) is 0. The van der Waals surface area contributed by atoms with Crippen LogP contribution in [-0.2, 0) is 9.05 Å². The first-order chi connectivity index (χ1) is 7.66. The molecule has 1 rings (SSSR count). The van der Waals surface area contributed by atoms with Crippen LogP contribution in [0.25, 0.3) is 0 Å². The topological polar surface area (TPSA) is 77.3 Å². The molecule has 0 aliphatic carbocycles. The molecule has 1 aromatic rings. The SMILES string of the molecule is O=[N+]([O-])c1c(C(F)F)ccc(S(=O)(=O)Cl)c1Br. The first-order valence-corrected chi connectivity index (χ1v) is 6.96. The summed E-state index contributed by atoms with van der Waals surface area (Å²) in [6, 6.07) is 1.43. The van der Waals surface area contributed by atoms with E-state index in [0.717, 1.165) is 6.07 Å². The summed E-state index contributed by atoms with van der Waals surface area (Å²) in [5.41, 5.74) is -1.90. The Bertz CT molecular complexity index is 577. The Hall–Kier alpha value is -0.800. The van der Waals surface area contributed by atoms with Gasteiger partial charge in [-0.25, -0.2) is 17.2 Å². The van der Waals surface area contributed by atoms with Gasteiger partial charge in [0, 0.05) is 10.7 Å². The molecule has 17 heavy (non-hydrogen) atoms. The number of benzene rings is 1. The van der Waals surface area contributed by atoms with Crippen molar-refractivity contribution < 1.29 is 22.1 Å². The molecule has 94 valence electrons. The molecule has 0 heterocycles. The third-order valence-corrected chi connectivity index (χ3v) is 4.22. The Kier molecular flexibility index (Phi) is 4.05. The fourth-order valence-electron chi connectivity index (χ4n) is 1.11. The van der Waals surface area contributed by atoms with E-state index in [9.17, 15) is 27.3 Å². The molecule has 0 atom stereocenters. The highest BCUT2D eigenvalue weighted by molar-refractivity contribution is 9.10. The molecular formula is C7H3BrClF2NO4S. The van der Waals surface area contributed by atoms with Gasteiger partial charge in [-0.05, 0) is 28.1 Å². The average Bonchev–Trinajstić information content (AvgIpc) is 2.13. The lowest BCUT2D eigenvalue weighted by Crippen LogP contribution is -2.01. The Morgan fingerprint density at radius 3 is 2.29 bits per heavy atom. The van der Waals surface area contributed by atoms with Crippen LogP contribution in [0, 0.1) is 10.1 Å². The highest BCUT2D eigenvalue weighted by Gasteiger charge is 2.30. The highest BCUT2D eigenvalue weighted by Crippen LogP contribution is 2.39. The van der Waals surface area contributed by atoms with Crippen molar-refractivity contribution in [2.45, 2.75) is 11.3 Å². The fraction of sp³-hybridized carbons (Fsp3) is 0.143. The van der Waals surface area contributed by atoms with Gasteiger partial charge in [-0.15, -0.1) is 0 Å². The average molecular weight is 351 g/mol. The first kappa shape index (κ1) is 14.3. The molecule has 0 spiro atoms. The van der Waals surface area contributed by atoms with Crippen molar-refractivity contribution >= 4 is 41.4 Å². The Balaban J connectivity index is 3.67. The van der Waals surface area contributed by atoms with Gasteiger partial charge in [0.15, 0.2) is 0 Å². The number of nitro benzene ring substituents is 1. The first-order valence-electron chi connectivity index (χ1n) is 3.86. The number of hydrogen-bond acceptors (Lipinski definition) is 4. The molecule has 0 N–H and O–H groups in total. The molecule has 0 saturated heterocycles. The summed E-state index contributed by atoms with van der Waals surface area (Å²) in [6.07, 6.45) is -3.10. The van der Waals surface area contributed by atoms with E-state index < -0.39 is 41.0 Å². The fourth-order valence-corrected chi connectivity index (χ4v) is 3.46. The Morgan fingerprint density at radius 1 is 1.41 bits per heavy atom. The van der Waals surface area contributed by atoms with Crippen molar-refractivity contribution in [1.29, 1.82) is 0 Å². The van der Waals surface area contributed by atoms with Crippen molar-refractivity contribution in [1.82, 2.24) is 0 Å². The largest absolute Gasteiger partial charge is 0.293 e. The van der Waals surface area contributed by atoms with E-state index in [0.29, 0.717) is 6.07 Å². The van der Waals surface area contributed by atoms with Crippen molar-refractivity contribution in [2.75, 3.05) is 0 Å². The van der Waals surface area contributed by atoms with Gasteiger partial charge in [0.25, 0.3) is 21.2 Å². The zero-order valence-corrected chi connectivity index (χ0v) is 10.9. The van der Waals surface area contributed by atoms with Crippen LogP contribution in [0.15, 0.2) is 21.5 Å². The molecular weight excluding hydrogens is 348 g/mol. The number of rotatable bonds is 3. The highest BCUT2D eigenvalue weighted by atomic mass is 79.9. The third kappa shape index (κ3) is 2.90. The molecule has 1 aromatic carbocycles. The minimum absolute atomic E-state index is 0.588. The molecule has 0 amide bonds. The smallest absolute Gasteiger partial charge is 0.258 e. The minimum atomic E-state index is -4.26. The molecule has 0 aliphatic rings. The molecule has 10 heteroatoms. The van der Waals surface area contributed by atoms with Crippen LogP contribution in [0.1, 0.15) is 12.0 Å². The number of nitrogens with zero attached hydrogens (tertiary/aromatic N) is 1. The van der Waals surface area contributed by atoms with E-state index in [1.54, 1.807) is 0 Å². The monoisotopic (exact) mass is 349 g/mol. The lowest BCUT2D eigenvalue weighted by atomic mass is 10.2. The van der Waals surface area contributed by atoms with Gasteiger partial charge in [-0.1, -0.05) is 0 Å². The zero-order valence-electron chi connectivity index (χ0n) is 7.73. The van der Waals surface area contributed by atoms with Crippen LogP contribution in [0.2, 0.25) is 0 Å². The summed E-state index contributed by atoms with van der Waals surface area (Å²) >= 11 is 2.60. The van der Waals surface area contributed by atoms with Crippen LogP contribution in [0.5, 0.6) is 0 Å². The summed E-state index contributed by atoms with van der Waals surface area (Å²) in [5, 5.41) is 10.6. The summed E-state index contributed by atoms with van der Waals surface area (Å²) in [6.45, 7) is 0. The molecule has 0 bridgehead atoms. The van der Waals surface area contributed by atoms with Crippen LogP contribution >= 0.6 is 26.6 Å². The third-order valence-electron chi connectivity index (χ3n) is 1.79. The van der Waals surface area contributed by atoms with Gasteiger partial charge >= 0.3 is 0 Å². The van der Waals surface area contributed by atoms with Crippen LogP contribution in [-0.4, -0.2) is 13.3 Å². The normalized spacial score (nSPS) is 11.8. The van der Waals surface area contributed by atoms with Crippen LogP contribution in [0.3, 0.4) is 0 Å². The maximum atomic E-state index is 12.5. The quantitative estimate of drug-likeness (QED) is 0.476. The van der Waals surface area contributed by atoms with Crippen LogP contribution < -0.4 is 0 Å². The van der Waals surface area contributed by atoms with Crippen molar-refractivity contribution in [3.63, 3.8) is 0 Å². The summed E-state index contributed by atoms with van der Waals surface area (Å²) < 4.78 is 46.5. The molecule has 0 unspecified atom stereocenters. The lowest BCUT2D eigenvalue weighted by molar-refractivity contribution is -0.387. The Morgan fingerprint density at radius 2 is 1.94 bits per heavy atom. The number of nitro groups is 1. The molecule has 0 aliphatic heterocycles. The van der Waals surface area contributed by atoms with E-state index in [1.165, 1.54) is 0 Å². The maximum Gasteiger partial charge on any atom is 0.293 e. The summed E-state index contributed by atoms with van der Waals surface area (Å²) in [7, 11) is 0.749. The van der Waals surface area contributed by atoms with Crippen molar-refractivity contribution in [3.05, 3.63) is 32.3 Å². The molecule has 5 nitrogen and oxygen atoms in total. The van der Waals surface area contributed by atoms with E-state index in [1.807, 2.05) is 0 Å². The van der Waals surface area contributed by atoms with Crippen LogP contribution in [0.4, 0.5) is 14.5 Å². The molecule has 0 radical (unpaired) electrons. The van der Waals surface area contributed by atoms with E-state index in [4.69, 9.17) is 10.7 Å². The van der Waals surface area contributed by atoms with Crippen molar-refractivity contribution in [3.8, 4) is 0 Å². The molecule has 0 saturated carbocycles. The second kappa shape index (κ2) is 4.83. The van der Waals surface area contributed by atoms with Gasteiger partial charge in [0.1, 0.15) is 9.37 Å². The molecule has 0 fully saturated rings. The number of hydrogen-bond donors (Lipinski definition) is 0. The Labute approximate surface area is 107 Å². The lowest BCUT2D eigenvalue weighted by Gasteiger charge is -2.06. The van der Waals surface area contributed by atoms with Crippen molar-refractivity contribution in [2.24, 2.45) is 0 Å². The second-order valence-electron chi connectivity index (χ2n) is 2.81. The van der Waals surface area contributed by atoms with Gasteiger partial charge in [-0.2, -0.15) is 0 Å². The minimum Gasteiger partial charge on any atom is -0.258 e. The maximum absolute atomic E-state index is 12.5. The summed E-state index contributed by atoms with van der Waals surface area (Å²) in [4.78, 5) is 8.90. The van der Waals surface area contributed by atoms with E-state index >= 15 is 0 Å². The van der Waals surface area contributed by atoms with E-state index in [2.05, 4.69) is 15.9 Å². The zero-order chi connectivity index (χ0) is 13.4. The number of alkyl halides is 2. The standard InChI is InChI=1S/C7H3BrClF2NO4S/c8-5-4(17(9,15)16)2-1-3(7(10)11)6(5)12(13)14/h1-2,7H. The predicted molar refractivity (Wildman–Crippen MR) is 58.8 cm³/mol. The van der Waals surface area contributed by atoms with E-state index in [-0.39, 0.29) is 0 Å². The molecule has 0 aromatic heterocycles. The van der Waals surface area contributed by atoms with Gasteiger partial charge in [0.05, 0.1) is 10.5 Å².